The maximum atomic E-state index is 13.0. The highest BCUT2D eigenvalue weighted by molar-refractivity contribution is 6.63. The first-order valence-electron chi connectivity index (χ1n) is 12.7. The van der Waals surface area contributed by atoms with Crippen LogP contribution in [0.1, 0.15) is 72.2 Å². The fourth-order valence-electron chi connectivity index (χ4n) is 4.00. The van der Waals surface area contributed by atoms with Crippen molar-refractivity contribution in [2.75, 3.05) is 13.2 Å². The van der Waals surface area contributed by atoms with Crippen LogP contribution in [0.4, 0.5) is 0 Å². The zero-order valence-corrected chi connectivity index (χ0v) is 21.5. The van der Waals surface area contributed by atoms with Gasteiger partial charge < -0.3 is 19.9 Å². The molecule has 0 unspecified atom stereocenters. The minimum atomic E-state index is -1.00. The molecule has 1 amide bonds. The van der Waals surface area contributed by atoms with Crippen LogP contribution in [0.3, 0.4) is 0 Å². The third-order valence-corrected chi connectivity index (χ3v) is 6.45. The van der Waals surface area contributed by atoms with Crippen molar-refractivity contribution in [3.8, 4) is 11.5 Å². The highest BCUT2D eigenvalue weighted by atomic mass is 16.5. The van der Waals surface area contributed by atoms with Gasteiger partial charge >= 0.3 is 5.97 Å². The highest BCUT2D eigenvalue weighted by Gasteiger charge is 2.28. The molecule has 2 heterocycles. The molecule has 38 heavy (non-hydrogen) atoms. The number of benzene rings is 1. The molecule has 3 rings (SSSR count). The topological polar surface area (TPSA) is 149 Å². The number of fused-ring (bicyclic) bond motifs is 1. The number of ether oxygens (including phenoxy) is 2. The maximum absolute atomic E-state index is 13.0. The van der Waals surface area contributed by atoms with Crippen molar-refractivity contribution in [2.24, 2.45) is 5.92 Å². The number of carbonyl (C=O) groups is 5. The number of hydrogen-bond acceptors (Lipinski definition) is 9. The molecular formula is C28H32N2O8. The van der Waals surface area contributed by atoms with Crippen molar-refractivity contribution >= 4 is 29.2 Å². The van der Waals surface area contributed by atoms with Crippen molar-refractivity contribution in [1.29, 1.82) is 0 Å². The van der Waals surface area contributed by atoms with E-state index in [1.54, 1.807) is 38.2 Å². The Hall–Kier alpha value is -4.08. The molecule has 0 saturated heterocycles. The number of ketones is 3. The van der Waals surface area contributed by atoms with Gasteiger partial charge in [0, 0.05) is 37.8 Å². The van der Waals surface area contributed by atoms with Crippen molar-refractivity contribution in [3.63, 3.8) is 0 Å². The van der Waals surface area contributed by atoms with Gasteiger partial charge in [0.2, 0.25) is 11.6 Å². The highest BCUT2D eigenvalue weighted by Crippen LogP contribution is 2.31. The number of aromatic hydroxyl groups is 1. The van der Waals surface area contributed by atoms with Crippen LogP contribution in [-0.4, -0.2) is 58.6 Å². The van der Waals surface area contributed by atoms with Gasteiger partial charge in [-0.05, 0) is 62.3 Å². The Labute approximate surface area is 220 Å². The van der Waals surface area contributed by atoms with Crippen LogP contribution in [0.25, 0.3) is 0 Å². The molecule has 1 aliphatic heterocycles. The number of nitrogens with one attached hydrogen (secondary N) is 1. The van der Waals surface area contributed by atoms with Crippen molar-refractivity contribution in [1.82, 2.24) is 10.3 Å². The number of phenols is 1. The Morgan fingerprint density at radius 3 is 2.63 bits per heavy atom. The Balaban J connectivity index is 1.69. The average molecular weight is 525 g/mol. The summed E-state index contributed by atoms with van der Waals surface area (Å²) in [4.78, 5) is 65.4. The smallest absolute Gasteiger partial charge is 0.342 e. The zero-order chi connectivity index (χ0) is 27.7. The number of amides is 1. The van der Waals surface area contributed by atoms with E-state index in [0.717, 1.165) is 0 Å². The predicted molar refractivity (Wildman–Crippen MR) is 136 cm³/mol. The largest absolute Gasteiger partial charge is 0.507 e. The Morgan fingerprint density at radius 1 is 1.13 bits per heavy atom. The van der Waals surface area contributed by atoms with Crippen LogP contribution in [0.15, 0.2) is 36.7 Å². The van der Waals surface area contributed by atoms with E-state index in [1.807, 2.05) is 0 Å². The molecule has 202 valence electrons. The van der Waals surface area contributed by atoms with Crippen LogP contribution in [-0.2, 0) is 25.5 Å². The number of aryl methyl sites for hydroxylation is 1. The van der Waals surface area contributed by atoms with Gasteiger partial charge in [0.1, 0.15) is 23.2 Å². The van der Waals surface area contributed by atoms with E-state index in [1.165, 1.54) is 12.3 Å². The Morgan fingerprint density at radius 2 is 1.89 bits per heavy atom. The summed E-state index contributed by atoms with van der Waals surface area (Å²) in [6.07, 6.45) is 3.33. The summed E-state index contributed by atoms with van der Waals surface area (Å²) in [5.41, 5.74) is 0.829. The summed E-state index contributed by atoms with van der Waals surface area (Å²) in [6, 6.07) is 6.23. The van der Waals surface area contributed by atoms with Gasteiger partial charge in [0.05, 0.1) is 12.2 Å². The van der Waals surface area contributed by atoms with E-state index in [0.29, 0.717) is 29.8 Å². The van der Waals surface area contributed by atoms with Gasteiger partial charge in [-0.3, -0.25) is 24.2 Å². The summed E-state index contributed by atoms with van der Waals surface area (Å²) in [6.45, 7) is 4.02. The van der Waals surface area contributed by atoms with E-state index >= 15 is 0 Å². The molecule has 0 radical (unpaired) electrons. The molecule has 0 saturated carbocycles. The normalized spacial score (nSPS) is 19.2. The quantitative estimate of drug-likeness (QED) is 0.330. The monoisotopic (exact) mass is 524 g/mol. The molecule has 0 spiro atoms. The fraction of sp³-hybridized carbons (Fsp3) is 0.429. The third-order valence-electron chi connectivity index (χ3n) is 6.45. The van der Waals surface area contributed by atoms with Crippen molar-refractivity contribution in [2.45, 2.75) is 58.5 Å². The molecule has 2 aromatic rings. The Kier molecular flexibility index (Phi) is 10.1. The second kappa shape index (κ2) is 13.5. The molecule has 0 bridgehead atoms. The molecular weight excluding hydrogens is 492 g/mol. The number of Topliss-reactive ketones (excluding diaryl/α,β-unsaturated/α-hetero) is 3. The lowest BCUT2D eigenvalue weighted by Gasteiger charge is -2.22. The maximum Gasteiger partial charge on any atom is 0.342 e. The molecule has 0 fully saturated rings. The number of carbonyl (C=O) groups excluding carboxylic acids is 5. The molecule has 2 atom stereocenters. The second-order valence-electron chi connectivity index (χ2n) is 9.33. The van der Waals surface area contributed by atoms with E-state index in [2.05, 4.69) is 10.3 Å². The number of hydrogen-bond donors (Lipinski definition) is 2. The number of pyridine rings is 1. The summed E-state index contributed by atoms with van der Waals surface area (Å²) >= 11 is 0. The van der Waals surface area contributed by atoms with E-state index in [4.69, 9.17) is 9.47 Å². The van der Waals surface area contributed by atoms with Crippen molar-refractivity contribution < 1.29 is 38.6 Å². The van der Waals surface area contributed by atoms with E-state index < -0.39 is 29.4 Å². The van der Waals surface area contributed by atoms with Gasteiger partial charge in [0.25, 0.3) is 11.7 Å². The number of cyclic esters (lactones) is 1. The number of nitrogens with zero attached hydrogens (tertiary/aromatic N) is 1. The fourth-order valence-corrected chi connectivity index (χ4v) is 4.00. The number of aromatic nitrogens is 1. The van der Waals surface area contributed by atoms with Crippen LogP contribution in [0, 0.1) is 5.92 Å². The predicted octanol–water partition coefficient (Wildman–Crippen LogP) is 2.99. The first-order valence-corrected chi connectivity index (χ1v) is 12.7. The average Bonchev–Trinajstić information content (AvgIpc) is 2.90. The standard InChI is InChI=1S/C28H32N2O8/c1-17-9-10-23(32)26(34)22(31)8-3-6-19-14-21(15-24(33)25(19)28(36)38-18(17)2)37-13-5-12-30-27(35)20-7-4-11-29-16-20/h4,7,11,14-18,33H,3,5-6,8-10,12-13H2,1-2H3,(H,30,35)/t17-,18+/m1/s1. The van der Waals surface area contributed by atoms with Gasteiger partial charge in [-0.2, -0.15) is 0 Å². The first-order chi connectivity index (χ1) is 18.2. The van der Waals surface area contributed by atoms with Crippen LogP contribution in [0.2, 0.25) is 0 Å². The Bertz CT molecular complexity index is 1190. The van der Waals surface area contributed by atoms with Crippen LogP contribution >= 0.6 is 0 Å². The van der Waals surface area contributed by atoms with E-state index in [9.17, 15) is 29.1 Å². The molecule has 1 aromatic carbocycles. The van der Waals surface area contributed by atoms with E-state index in [-0.39, 0.29) is 61.8 Å². The van der Waals surface area contributed by atoms with Gasteiger partial charge in [-0.15, -0.1) is 0 Å². The molecule has 10 nitrogen and oxygen atoms in total. The second-order valence-corrected chi connectivity index (χ2v) is 9.33. The number of esters is 1. The molecule has 2 N–H and O–H groups in total. The van der Waals surface area contributed by atoms with Crippen LogP contribution in [0.5, 0.6) is 11.5 Å². The summed E-state index contributed by atoms with van der Waals surface area (Å²) in [7, 11) is 0. The molecule has 1 aromatic heterocycles. The number of rotatable bonds is 6. The van der Waals surface area contributed by atoms with Gasteiger partial charge in [0.15, 0.2) is 0 Å². The van der Waals surface area contributed by atoms with Gasteiger partial charge in [-0.1, -0.05) is 6.92 Å². The lowest BCUT2D eigenvalue weighted by molar-refractivity contribution is -0.144. The third kappa shape index (κ3) is 7.71. The minimum absolute atomic E-state index is 0.0213. The zero-order valence-electron chi connectivity index (χ0n) is 21.5. The lowest BCUT2D eigenvalue weighted by atomic mass is 9.94. The summed E-state index contributed by atoms with van der Waals surface area (Å²) in [5.74, 6) is -3.74. The number of phenolic OH excluding ortho intramolecular Hbond substituents is 1. The molecule has 10 heteroatoms. The summed E-state index contributed by atoms with van der Waals surface area (Å²) < 4.78 is 11.3. The SMILES string of the molecule is C[C@@H]1CCC(=O)C(=O)C(=O)CCCc2cc(OCCCNC(=O)c3cccnc3)cc(O)c2C(=O)O[C@H]1C. The first kappa shape index (κ1) is 28.5. The van der Waals surface area contributed by atoms with Crippen LogP contribution < -0.4 is 10.1 Å². The molecule has 0 aliphatic carbocycles. The minimum Gasteiger partial charge on any atom is -0.507 e. The lowest BCUT2D eigenvalue weighted by Crippen LogP contribution is -2.27. The molecule has 1 aliphatic rings. The van der Waals surface area contributed by atoms with Crippen molar-refractivity contribution in [3.05, 3.63) is 53.3 Å². The summed E-state index contributed by atoms with van der Waals surface area (Å²) in [5, 5.41) is 13.5. The van der Waals surface area contributed by atoms with Gasteiger partial charge in [-0.25, -0.2) is 4.79 Å².